The monoisotopic (exact) mass is 448 g/mol. The van der Waals surface area contributed by atoms with E-state index >= 15 is 0 Å². The molecule has 0 radical (unpaired) electrons. The molecule has 4 aliphatic carbocycles. The van der Waals surface area contributed by atoms with Crippen molar-refractivity contribution in [2.24, 2.45) is 23.2 Å². The topological polar surface area (TPSA) is 83.6 Å². The maximum absolute atomic E-state index is 14.3. The van der Waals surface area contributed by atoms with Crippen molar-refractivity contribution in [3.8, 4) is 0 Å². The highest BCUT2D eigenvalue weighted by atomic mass is 32.2. The molecule has 0 spiro atoms. The molecular formula is C23H29FN2O4S. The van der Waals surface area contributed by atoms with E-state index in [0.29, 0.717) is 30.7 Å². The number of benzene rings is 1. The summed E-state index contributed by atoms with van der Waals surface area (Å²) in [6.45, 7) is 0.546. The molecule has 0 aromatic heterocycles. The second-order valence-corrected chi connectivity index (χ2v) is 12.3. The van der Waals surface area contributed by atoms with Crippen LogP contribution in [0.1, 0.15) is 51.4 Å². The molecule has 6 rings (SSSR count). The standard InChI is InChI=1S/C23H29FN2O4S/c1-31(29,30)17-4-5-18(24)19(10-17)25-21(27)20-3-2-6-26(20)22(28)23-11-14-7-15(12-23)9-16(8-14)13-23/h4-5,10,14-16,20H,2-3,6-9,11-13H2,1H3,(H,25,27). The van der Waals surface area contributed by atoms with E-state index < -0.39 is 27.6 Å². The molecule has 1 N–H and O–H groups in total. The number of likely N-dealkylation sites (tertiary alicyclic amines) is 1. The fraction of sp³-hybridized carbons (Fsp3) is 0.652. The summed E-state index contributed by atoms with van der Waals surface area (Å²) in [4.78, 5) is 28.4. The van der Waals surface area contributed by atoms with E-state index in [0.717, 1.165) is 44.1 Å². The number of rotatable bonds is 4. The Hall–Kier alpha value is -1.96. The van der Waals surface area contributed by atoms with Gasteiger partial charge in [0.05, 0.1) is 16.0 Å². The van der Waals surface area contributed by atoms with Crippen LogP contribution in [0.15, 0.2) is 23.1 Å². The van der Waals surface area contributed by atoms with E-state index in [9.17, 15) is 22.4 Å². The van der Waals surface area contributed by atoms with Gasteiger partial charge < -0.3 is 10.2 Å². The zero-order valence-electron chi connectivity index (χ0n) is 17.8. The molecule has 31 heavy (non-hydrogen) atoms. The van der Waals surface area contributed by atoms with Crippen LogP contribution in [0.25, 0.3) is 0 Å². The Morgan fingerprint density at radius 2 is 1.71 bits per heavy atom. The molecule has 4 bridgehead atoms. The third-order valence-electron chi connectivity index (χ3n) is 7.93. The van der Waals surface area contributed by atoms with Crippen LogP contribution in [0.3, 0.4) is 0 Å². The van der Waals surface area contributed by atoms with Crippen LogP contribution in [0.2, 0.25) is 0 Å². The molecule has 1 atom stereocenters. The zero-order chi connectivity index (χ0) is 22.0. The fourth-order valence-corrected chi connectivity index (χ4v) is 7.65. The van der Waals surface area contributed by atoms with Gasteiger partial charge in [-0.25, -0.2) is 12.8 Å². The third-order valence-corrected chi connectivity index (χ3v) is 9.04. The average molecular weight is 449 g/mol. The quantitative estimate of drug-likeness (QED) is 0.716. The highest BCUT2D eigenvalue weighted by Crippen LogP contribution is 2.60. The van der Waals surface area contributed by atoms with Crippen LogP contribution in [0.5, 0.6) is 0 Å². The number of hydrogen-bond donors (Lipinski definition) is 1. The number of carbonyl (C=O) groups is 2. The number of hydrogen-bond acceptors (Lipinski definition) is 4. The van der Waals surface area contributed by atoms with Crippen molar-refractivity contribution in [2.45, 2.75) is 62.3 Å². The molecule has 5 fully saturated rings. The minimum absolute atomic E-state index is 0.0582. The predicted molar refractivity (Wildman–Crippen MR) is 113 cm³/mol. The number of amides is 2. The zero-order valence-corrected chi connectivity index (χ0v) is 18.6. The minimum atomic E-state index is -3.53. The van der Waals surface area contributed by atoms with Gasteiger partial charge >= 0.3 is 0 Å². The van der Waals surface area contributed by atoms with E-state index in [-0.39, 0.29) is 21.9 Å². The van der Waals surface area contributed by atoms with Crippen molar-refractivity contribution in [1.82, 2.24) is 4.90 Å². The Balaban J connectivity index is 1.35. The van der Waals surface area contributed by atoms with Crippen LogP contribution in [0, 0.1) is 29.0 Å². The maximum Gasteiger partial charge on any atom is 0.247 e. The fourth-order valence-electron chi connectivity index (χ4n) is 7.01. The van der Waals surface area contributed by atoms with E-state index in [2.05, 4.69) is 5.32 Å². The lowest BCUT2D eigenvalue weighted by Gasteiger charge is -2.56. The molecular weight excluding hydrogens is 419 g/mol. The van der Waals surface area contributed by atoms with Crippen LogP contribution in [-0.4, -0.2) is 44.0 Å². The lowest BCUT2D eigenvalue weighted by atomic mass is 9.49. The Kier molecular flexibility index (Phi) is 4.92. The molecule has 1 saturated heterocycles. The maximum atomic E-state index is 14.3. The summed E-state index contributed by atoms with van der Waals surface area (Å²) in [5.74, 6) is 0.876. The Morgan fingerprint density at radius 3 is 2.29 bits per heavy atom. The van der Waals surface area contributed by atoms with Crippen LogP contribution in [-0.2, 0) is 19.4 Å². The van der Waals surface area contributed by atoms with Crippen molar-refractivity contribution < 1.29 is 22.4 Å². The molecule has 8 heteroatoms. The van der Waals surface area contributed by atoms with Crippen molar-refractivity contribution in [3.63, 3.8) is 0 Å². The van der Waals surface area contributed by atoms with Crippen molar-refractivity contribution in [3.05, 3.63) is 24.0 Å². The summed E-state index contributed by atoms with van der Waals surface area (Å²) in [6.07, 6.45) is 8.86. The van der Waals surface area contributed by atoms with Crippen molar-refractivity contribution in [1.29, 1.82) is 0 Å². The third kappa shape index (κ3) is 3.66. The number of nitrogens with zero attached hydrogens (tertiary/aromatic N) is 1. The van der Waals surface area contributed by atoms with Crippen LogP contribution >= 0.6 is 0 Å². The van der Waals surface area contributed by atoms with Gasteiger partial charge in [-0.1, -0.05) is 0 Å². The van der Waals surface area contributed by atoms with Gasteiger partial charge in [0.2, 0.25) is 11.8 Å². The smallest absolute Gasteiger partial charge is 0.247 e. The Labute approximate surface area is 182 Å². The molecule has 1 unspecified atom stereocenters. The van der Waals surface area contributed by atoms with Crippen molar-refractivity contribution in [2.75, 3.05) is 18.1 Å². The second-order valence-electron chi connectivity index (χ2n) is 10.3. The molecule has 2 amide bonds. The summed E-state index contributed by atoms with van der Waals surface area (Å²) in [5.41, 5.74) is -0.485. The Morgan fingerprint density at radius 1 is 1.10 bits per heavy atom. The van der Waals surface area contributed by atoms with Gasteiger partial charge in [0, 0.05) is 12.8 Å². The Bertz CT molecular complexity index is 1000. The number of halogens is 1. The molecule has 5 aliphatic rings. The first-order chi connectivity index (χ1) is 14.6. The molecule has 168 valence electrons. The van der Waals surface area contributed by atoms with Crippen LogP contribution < -0.4 is 5.32 Å². The van der Waals surface area contributed by atoms with Gasteiger partial charge in [0.1, 0.15) is 11.9 Å². The van der Waals surface area contributed by atoms with Gasteiger partial charge in [-0.15, -0.1) is 0 Å². The van der Waals surface area contributed by atoms with E-state index in [1.165, 1.54) is 25.3 Å². The van der Waals surface area contributed by atoms with Gasteiger partial charge in [-0.3, -0.25) is 9.59 Å². The van der Waals surface area contributed by atoms with Gasteiger partial charge in [0.15, 0.2) is 9.84 Å². The average Bonchev–Trinajstić information content (AvgIpc) is 3.17. The first-order valence-electron chi connectivity index (χ1n) is 11.3. The highest BCUT2D eigenvalue weighted by Gasteiger charge is 2.56. The first-order valence-corrected chi connectivity index (χ1v) is 13.2. The summed E-state index contributed by atoms with van der Waals surface area (Å²) in [7, 11) is -3.53. The molecule has 4 saturated carbocycles. The van der Waals surface area contributed by atoms with Gasteiger partial charge in [-0.2, -0.15) is 0 Å². The largest absolute Gasteiger partial charge is 0.330 e. The summed E-state index contributed by atoms with van der Waals surface area (Å²) in [5, 5.41) is 2.55. The van der Waals surface area contributed by atoms with E-state index in [1.54, 1.807) is 4.90 Å². The number of nitrogens with one attached hydrogen (secondary N) is 1. The molecule has 1 heterocycles. The van der Waals surface area contributed by atoms with E-state index in [4.69, 9.17) is 0 Å². The summed E-state index contributed by atoms with van der Waals surface area (Å²) in [6, 6.07) is 2.72. The molecule has 1 aliphatic heterocycles. The summed E-state index contributed by atoms with van der Waals surface area (Å²) >= 11 is 0. The number of carbonyl (C=O) groups excluding carboxylic acids is 2. The predicted octanol–water partition coefficient (Wildman–Crippen LogP) is 3.38. The SMILES string of the molecule is CS(=O)(=O)c1ccc(F)c(NC(=O)C2CCCN2C(=O)C23CC4CC(CC(C4)C2)C3)c1. The highest BCUT2D eigenvalue weighted by molar-refractivity contribution is 7.90. The first kappa shape index (κ1) is 20.9. The van der Waals surface area contributed by atoms with Crippen molar-refractivity contribution >= 4 is 27.3 Å². The molecule has 1 aromatic carbocycles. The molecule has 1 aromatic rings. The second kappa shape index (κ2) is 7.29. The van der Waals surface area contributed by atoms with Gasteiger partial charge in [-0.05, 0) is 87.3 Å². The minimum Gasteiger partial charge on any atom is -0.330 e. The summed E-state index contributed by atoms with van der Waals surface area (Å²) < 4.78 is 37.9. The van der Waals surface area contributed by atoms with E-state index in [1.807, 2.05) is 0 Å². The normalized spacial score (nSPS) is 34.2. The lowest BCUT2D eigenvalue weighted by molar-refractivity contribution is -0.160. The number of sulfone groups is 1. The van der Waals surface area contributed by atoms with Gasteiger partial charge in [0.25, 0.3) is 0 Å². The number of anilines is 1. The lowest BCUT2D eigenvalue weighted by Crippen LogP contribution is -2.56. The molecule has 6 nitrogen and oxygen atoms in total. The van der Waals surface area contributed by atoms with Crippen LogP contribution in [0.4, 0.5) is 10.1 Å².